The molecule has 2 aromatic carbocycles. The normalized spacial score (nSPS) is 13.7. The van der Waals surface area contributed by atoms with Crippen LogP contribution in [0.2, 0.25) is 0 Å². The first kappa shape index (κ1) is 15.3. The van der Waals surface area contributed by atoms with Crippen LogP contribution in [0.15, 0.2) is 42.5 Å². The number of likely N-dealkylation sites (N-methyl/N-ethyl adjacent to an activating group) is 1. The van der Waals surface area contributed by atoms with Gasteiger partial charge in [0.25, 0.3) is 0 Å². The number of carbonyl (C=O) groups is 1. The molecule has 0 radical (unpaired) electrons. The molecule has 0 bridgehead atoms. The molecule has 2 atom stereocenters. The number of urea groups is 1. The van der Waals surface area contributed by atoms with Crippen molar-refractivity contribution in [3.63, 3.8) is 0 Å². The number of fused-ring (bicyclic) bond motifs is 1. The molecule has 2 rings (SSSR count). The Morgan fingerprint density at radius 1 is 1.19 bits per heavy atom. The van der Waals surface area contributed by atoms with E-state index < -0.39 is 0 Å². The standard InChI is InChI=1S/C17H22N2O2/c1-12(11-20)19(3)17(21)18-13(2)15-9-8-14-6-4-5-7-16(14)10-15/h4-10,12-13,20H,11H2,1-3H3,(H,18,21). The van der Waals surface area contributed by atoms with E-state index in [9.17, 15) is 4.79 Å². The smallest absolute Gasteiger partial charge is 0.317 e. The molecule has 2 N–H and O–H groups in total. The van der Waals surface area contributed by atoms with Gasteiger partial charge in [0.05, 0.1) is 18.7 Å². The average molecular weight is 286 g/mol. The van der Waals surface area contributed by atoms with Gasteiger partial charge in [0.15, 0.2) is 0 Å². The largest absolute Gasteiger partial charge is 0.394 e. The fourth-order valence-corrected chi connectivity index (χ4v) is 2.17. The first-order valence-corrected chi connectivity index (χ1v) is 7.16. The minimum Gasteiger partial charge on any atom is -0.394 e. The van der Waals surface area contributed by atoms with Crippen LogP contribution in [0.1, 0.15) is 25.5 Å². The summed E-state index contributed by atoms with van der Waals surface area (Å²) in [5, 5.41) is 14.4. The summed E-state index contributed by atoms with van der Waals surface area (Å²) in [4.78, 5) is 13.6. The van der Waals surface area contributed by atoms with Crippen LogP contribution in [0.25, 0.3) is 10.8 Å². The molecule has 2 aromatic rings. The van der Waals surface area contributed by atoms with E-state index in [-0.39, 0.29) is 24.7 Å². The molecule has 0 aliphatic rings. The monoisotopic (exact) mass is 286 g/mol. The quantitative estimate of drug-likeness (QED) is 0.908. The first-order valence-electron chi connectivity index (χ1n) is 7.16. The van der Waals surface area contributed by atoms with Gasteiger partial charge in [-0.15, -0.1) is 0 Å². The fraction of sp³-hybridized carbons (Fsp3) is 0.353. The number of aliphatic hydroxyl groups excluding tert-OH is 1. The van der Waals surface area contributed by atoms with Gasteiger partial charge in [0, 0.05) is 7.05 Å². The zero-order valence-electron chi connectivity index (χ0n) is 12.7. The van der Waals surface area contributed by atoms with E-state index in [1.54, 1.807) is 14.0 Å². The molecule has 0 saturated carbocycles. The molecular formula is C17H22N2O2. The van der Waals surface area contributed by atoms with Crippen molar-refractivity contribution in [3.05, 3.63) is 48.0 Å². The average Bonchev–Trinajstić information content (AvgIpc) is 2.52. The third-order valence-electron chi connectivity index (χ3n) is 3.86. The van der Waals surface area contributed by atoms with Crippen molar-refractivity contribution >= 4 is 16.8 Å². The highest BCUT2D eigenvalue weighted by Crippen LogP contribution is 2.20. The molecule has 0 aliphatic carbocycles. The van der Waals surface area contributed by atoms with E-state index in [0.717, 1.165) is 10.9 Å². The fourth-order valence-electron chi connectivity index (χ4n) is 2.17. The van der Waals surface area contributed by atoms with Crippen molar-refractivity contribution in [2.45, 2.75) is 25.9 Å². The molecule has 0 aliphatic heterocycles. The highest BCUT2D eigenvalue weighted by molar-refractivity contribution is 5.83. The van der Waals surface area contributed by atoms with Gasteiger partial charge in [0.2, 0.25) is 0 Å². The lowest BCUT2D eigenvalue weighted by Gasteiger charge is -2.26. The zero-order chi connectivity index (χ0) is 15.4. The third-order valence-corrected chi connectivity index (χ3v) is 3.86. The molecule has 2 amide bonds. The molecule has 112 valence electrons. The Bertz CT molecular complexity index is 627. The topological polar surface area (TPSA) is 52.6 Å². The predicted molar refractivity (Wildman–Crippen MR) is 85.2 cm³/mol. The Hall–Kier alpha value is -2.07. The second kappa shape index (κ2) is 6.59. The minimum absolute atomic E-state index is 0.0473. The maximum absolute atomic E-state index is 12.1. The second-order valence-corrected chi connectivity index (χ2v) is 5.42. The third kappa shape index (κ3) is 3.52. The number of hydrogen-bond donors (Lipinski definition) is 2. The van der Waals surface area contributed by atoms with E-state index in [1.165, 1.54) is 10.3 Å². The summed E-state index contributed by atoms with van der Waals surface area (Å²) < 4.78 is 0. The number of hydrogen-bond acceptors (Lipinski definition) is 2. The molecule has 0 heterocycles. The van der Waals surface area contributed by atoms with Crippen LogP contribution in [0.3, 0.4) is 0 Å². The molecule has 4 heteroatoms. The van der Waals surface area contributed by atoms with Crippen LogP contribution in [-0.4, -0.2) is 35.7 Å². The molecule has 0 fully saturated rings. The summed E-state index contributed by atoms with van der Waals surface area (Å²) in [5.74, 6) is 0. The number of nitrogens with one attached hydrogen (secondary N) is 1. The number of nitrogens with zero attached hydrogens (tertiary/aromatic N) is 1. The number of aliphatic hydroxyl groups is 1. The Labute approximate surface area is 125 Å². The maximum Gasteiger partial charge on any atom is 0.317 e. The number of rotatable bonds is 4. The number of carbonyl (C=O) groups excluding carboxylic acids is 1. The number of amides is 2. The van der Waals surface area contributed by atoms with Crippen LogP contribution in [0.5, 0.6) is 0 Å². The molecule has 0 aromatic heterocycles. The van der Waals surface area contributed by atoms with Crippen molar-refractivity contribution in [1.82, 2.24) is 10.2 Å². The van der Waals surface area contributed by atoms with Crippen molar-refractivity contribution in [2.75, 3.05) is 13.7 Å². The highest BCUT2D eigenvalue weighted by atomic mass is 16.3. The van der Waals surface area contributed by atoms with Crippen LogP contribution in [-0.2, 0) is 0 Å². The Morgan fingerprint density at radius 3 is 2.52 bits per heavy atom. The summed E-state index contributed by atoms with van der Waals surface area (Å²) in [6.07, 6.45) is 0. The van der Waals surface area contributed by atoms with E-state index >= 15 is 0 Å². The molecule has 0 spiro atoms. The predicted octanol–water partition coefficient (Wildman–Crippen LogP) is 2.92. The summed E-state index contributed by atoms with van der Waals surface area (Å²) in [6, 6.07) is 13.9. The van der Waals surface area contributed by atoms with Gasteiger partial charge in [-0.25, -0.2) is 4.79 Å². The summed E-state index contributed by atoms with van der Waals surface area (Å²) in [5.41, 5.74) is 1.06. The zero-order valence-corrected chi connectivity index (χ0v) is 12.7. The number of benzene rings is 2. The van der Waals surface area contributed by atoms with E-state index in [0.29, 0.717) is 0 Å². The maximum atomic E-state index is 12.1. The van der Waals surface area contributed by atoms with Crippen molar-refractivity contribution < 1.29 is 9.90 Å². The Morgan fingerprint density at radius 2 is 1.86 bits per heavy atom. The van der Waals surface area contributed by atoms with Gasteiger partial charge in [0.1, 0.15) is 0 Å². The lowest BCUT2D eigenvalue weighted by atomic mass is 10.0. The first-order chi connectivity index (χ1) is 10.0. The van der Waals surface area contributed by atoms with Gasteiger partial charge in [-0.05, 0) is 36.2 Å². The van der Waals surface area contributed by atoms with Crippen LogP contribution in [0.4, 0.5) is 4.79 Å². The molecular weight excluding hydrogens is 264 g/mol. The summed E-state index contributed by atoms with van der Waals surface area (Å²) in [6.45, 7) is 3.72. The van der Waals surface area contributed by atoms with Crippen LogP contribution in [0, 0.1) is 0 Å². The molecule has 0 saturated heterocycles. The van der Waals surface area contributed by atoms with Crippen LogP contribution >= 0.6 is 0 Å². The van der Waals surface area contributed by atoms with Crippen molar-refractivity contribution in [3.8, 4) is 0 Å². The van der Waals surface area contributed by atoms with E-state index in [4.69, 9.17) is 5.11 Å². The van der Waals surface area contributed by atoms with Gasteiger partial charge < -0.3 is 15.3 Å². The van der Waals surface area contributed by atoms with E-state index in [1.807, 2.05) is 25.1 Å². The van der Waals surface area contributed by atoms with E-state index in [2.05, 4.69) is 29.6 Å². The summed E-state index contributed by atoms with van der Waals surface area (Å²) >= 11 is 0. The van der Waals surface area contributed by atoms with Gasteiger partial charge >= 0.3 is 6.03 Å². The minimum atomic E-state index is -0.200. The van der Waals surface area contributed by atoms with Crippen LogP contribution < -0.4 is 5.32 Å². The Balaban J connectivity index is 2.11. The SMILES string of the molecule is CC(NC(=O)N(C)C(C)CO)c1ccc2ccccc2c1. The second-order valence-electron chi connectivity index (χ2n) is 5.42. The molecule has 4 nitrogen and oxygen atoms in total. The summed E-state index contributed by atoms with van der Waals surface area (Å²) in [7, 11) is 1.68. The lowest BCUT2D eigenvalue weighted by Crippen LogP contribution is -2.44. The molecule has 2 unspecified atom stereocenters. The van der Waals surface area contributed by atoms with Gasteiger partial charge in [-0.1, -0.05) is 36.4 Å². The van der Waals surface area contributed by atoms with Crippen molar-refractivity contribution in [2.24, 2.45) is 0 Å². The van der Waals surface area contributed by atoms with Gasteiger partial charge in [-0.3, -0.25) is 0 Å². The van der Waals surface area contributed by atoms with Crippen molar-refractivity contribution in [1.29, 1.82) is 0 Å². The Kier molecular flexibility index (Phi) is 4.81. The lowest BCUT2D eigenvalue weighted by molar-refractivity contribution is 0.155. The van der Waals surface area contributed by atoms with Gasteiger partial charge in [-0.2, -0.15) is 0 Å². The molecule has 21 heavy (non-hydrogen) atoms. The highest BCUT2D eigenvalue weighted by Gasteiger charge is 2.17.